The van der Waals surface area contributed by atoms with Gasteiger partial charge in [0.15, 0.2) is 0 Å². The second kappa shape index (κ2) is 6.77. The Labute approximate surface area is 131 Å². The number of anilines is 1. The van der Waals surface area contributed by atoms with Gasteiger partial charge in [-0.05, 0) is 49.8 Å². The Balaban J connectivity index is 1.52. The lowest BCUT2D eigenvalue weighted by Crippen LogP contribution is -2.30. The van der Waals surface area contributed by atoms with Crippen LogP contribution in [0.1, 0.15) is 37.7 Å². The van der Waals surface area contributed by atoms with Crippen molar-refractivity contribution >= 4 is 17.5 Å². The standard InChI is InChI=1S/C18H22N2O2/c21-17(14-6-2-1-3-7-14)19-12-13-5-4-8-16(11-13)20-18(22)15-9-10-15/h1-2,4-5,8,11,14-15H,3,6-7,9-10,12H2,(H,19,21)(H,20,22)/t14-/m1/s1. The first-order chi connectivity index (χ1) is 10.7. The lowest BCUT2D eigenvalue weighted by molar-refractivity contribution is -0.125. The first-order valence-corrected chi connectivity index (χ1v) is 8.05. The van der Waals surface area contributed by atoms with Crippen LogP contribution < -0.4 is 10.6 Å². The Morgan fingerprint density at radius 3 is 2.64 bits per heavy atom. The normalized spacial score (nSPS) is 20.5. The zero-order chi connectivity index (χ0) is 15.4. The molecule has 0 spiro atoms. The molecule has 1 aromatic carbocycles. The maximum atomic E-state index is 12.1. The summed E-state index contributed by atoms with van der Waals surface area (Å²) in [4.78, 5) is 23.9. The number of amides is 2. The molecule has 0 bridgehead atoms. The van der Waals surface area contributed by atoms with Crippen LogP contribution in [0.5, 0.6) is 0 Å². The van der Waals surface area contributed by atoms with Crippen molar-refractivity contribution in [1.82, 2.24) is 5.32 Å². The van der Waals surface area contributed by atoms with E-state index in [-0.39, 0.29) is 23.7 Å². The number of benzene rings is 1. The van der Waals surface area contributed by atoms with Crippen LogP contribution in [0.3, 0.4) is 0 Å². The van der Waals surface area contributed by atoms with Crippen LogP contribution in [0.15, 0.2) is 36.4 Å². The van der Waals surface area contributed by atoms with Crippen molar-refractivity contribution in [1.29, 1.82) is 0 Å². The first-order valence-electron chi connectivity index (χ1n) is 8.05. The highest BCUT2D eigenvalue weighted by molar-refractivity contribution is 5.94. The summed E-state index contributed by atoms with van der Waals surface area (Å²) in [6.07, 6.45) is 8.97. The molecule has 1 aromatic rings. The molecule has 2 aliphatic carbocycles. The van der Waals surface area contributed by atoms with Gasteiger partial charge in [0, 0.05) is 24.1 Å². The maximum Gasteiger partial charge on any atom is 0.227 e. The topological polar surface area (TPSA) is 58.2 Å². The lowest BCUT2D eigenvalue weighted by atomic mass is 9.93. The SMILES string of the molecule is O=C(Nc1cccc(CNC(=O)[C@@H]2CC=CCC2)c1)C1CC1. The average Bonchev–Trinajstić information content (AvgIpc) is 3.39. The van der Waals surface area contributed by atoms with Gasteiger partial charge in [0.2, 0.25) is 11.8 Å². The zero-order valence-electron chi connectivity index (χ0n) is 12.7. The van der Waals surface area contributed by atoms with E-state index in [0.29, 0.717) is 6.54 Å². The molecular formula is C18H22N2O2. The summed E-state index contributed by atoms with van der Waals surface area (Å²) in [6.45, 7) is 0.506. The Morgan fingerprint density at radius 1 is 1.05 bits per heavy atom. The van der Waals surface area contributed by atoms with Crippen LogP contribution in [-0.2, 0) is 16.1 Å². The van der Waals surface area contributed by atoms with Crippen LogP contribution in [0.4, 0.5) is 5.69 Å². The molecule has 0 radical (unpaired) electrons. The smallest absolute Gasteiger partial charge is 0.227 e. The highest BCUT2D eigenvalue weighted by atomic mass is 16.2. The van der Waals surface area contributed by atoms with Gasteiger partial charge in [-0.3, -0.25) is 9.59 Å². The van der Waals surface area contributed by atoms with Crippen molar-refractivity contribution in [2.24, 2.45) is 11.8 Å². The number of nitrogens with one attached hydrogen (secondary N) is 2. The third-order valence-corrected chi connectivity index (χ3v) is 4.25. The van der Waals surface area contributed by atoms with E-state index in [0.717, 1.165) is 43.4 Å². The molecule has 22 heavy (non-hydrogen) atoms. The number of rotatable bonds is 5. The van der Waals surface area contributed by atoms with Gasteiger partial charge in [-0.2, -0.15) is 0 Å². The average molecular weight is 298 g/mol. The number of allylic oxidation sites excluding steroid dienone is 2. The summed E-state index contributed by atoms with van der Waals surface area (Å²) in [5.41, 5.74) is 1.82. The predicted octanol–water partition coefficient (Wildman–Crippen LogP) is 3.01. The molecule has 1 saturated carbocycles. The minimum absolute atomic E-state index is 0.0998. The summed E-state index contributed by atoms with van der Waals surface area (Å²) in [5, 5.41) is 5.93. The second-order valence-electron chi connectivity index (χ2n) is 6.16. The summed E-state index contributed by atoms with van der Waals surface area (Å²) in [5.74, 6) is 0.525. The summed E-state index contributed by atoms with van der Waals surface area (Å²) >= 11 is 0. The fourth-order valence-electron chi connectivity index (χ4n) is 2.71. The third-order valence-electron chi connectivity index (χ3n) is 4.25. The van der Waals surface area contributed by atoms with Gasteiger partial charge in [0.25, 0.3) is 0 Å². The van der Waals surface area contributed by atoms with E-state index < -0.39 is 0 Å². The molecule has 4 nitrogen and oxygen atoms in total. The van der Waals surface area contributed by atoms with Crippen molar-refractivity contribution in [2.45, 2.75) is 38.6 Å². The molecule has 1 atom stereocenters. The van der Waals surface area contributed by atoms with Crippen molar-refractivity contribution in [2.75, 3.05) is 5.32 Å². The van der Waals surface area contributed by atoms with E-state index in [1.807, 2.05) is 24.3 Å². The van der Waals surface area contributed by atoms with Crippen molar-refractivity contribution < 1.29 is 9.59 Å². The van der Waals surface area contributed by atoms with Gasteiger partial charge in [-0.25, -0.2) is 0 Å². The van der Waals surface area contributed by atoms with E-state index >= 15 is 0 Å². The lowest BCUT2D eigenvalue weighted by Gasteiger charge is -2.17. The molecule has 0 saturated heterocycles. The first kappa shape index (κ1) is 14.8. The largest absolute Gasteiger partial charge is 0.352 e. The van der Waals surface area contributed by atoms with Crippen molar-refractivity contribution in [3.63, 3.8) is 0 Å². The molecule has 0 aliphatic heterocycles. The van der Waals surface area contributed by atoms with Crippen LogP contribution in [0.2, 0.25) is 0 Å². The third kappa shape index (κ3) is 3.97. The van der Waals surface area contributed by atoms with Gasteiger partial charge in [-0.1, -0.05) is 24.3 Å². The monoisotopic (exact) mass is 298 g/mol. The van der Waals surface area contributed by atoms with E-state index in [1.165, 1.54) is 0 Å². The molecule has 116 valence electrons. The molecule has 2 aliphatic rings. The highest BCUT2D eigenvalue weighted by Gasteiger charge is 2.29. The minimum Gasteiger partial charge on any atom is -0.352 e. The van der Waals surface area contributed by atoms with Gasteiger partial charge in [-0.15, -0.1) is 0 Å². The van der Waals surface area contributed by atoms with Crippen LogP contribution >= 0.6 is 0 Å². The Bertz CT molecular complexity index is 591. The quantitative estimate of drug-likeness (QED) is 0.821. The molecular weight excluding hydrogens is 276 g/mol. The molecule has 2 N–H and O–H groups in total. The molecule has 0 unspecified atom stereocenters. The Kier molecular flexibility index (Phi) is 4.56. The highest BCUT2D eigenvalue weighted by Crippen LogP contribution is 2.30. The number of hydrogen-bond acceptors (Lipinski definition) is 2. The Hall–Kier alpha value is -2.10. The van der Waals surface area contributed by atoms with E-state index in [2.05, 4.69) is 22.8 Å². The fourth-order valence-corrected chi connectivity index (χ4v) is 2.71. The number of carbonyl (C=O) groups excluding carboxylic acids is 2. The van der Waals surface area contributed by atoms with Gasteiger partial charge in [0.1, 0.15) is 0 Å². The summed E-state index contributed by atoms with van der Waals surface area (Å²) in [6, 6.07) is 7.69. The van der Waals surface area contributed by atoms with Crippen molar-refractivity contribution in [3.8, 4) is 0 Å². The Morgan fingerprint density at radius 2 is 1.91 bits per heavy atom. The molecule has 2 amide bonds. The van der Waals surface area contributed by atoms with Crippen LogP contribution in [-0.4, -0.2) is 11.8 Å². The number of carbonyl (C=O) groups is 2. The molecule has 0 heterocycles. The van der Waals surface area contributed by atoms with E-state index in [9.17, 15) is 9.59 Å². The van der Waals surface area contributed by atoms with Crippen LogP contribution in [0, 0.1) is 11.8 Å². The molecule has 0 aromatic heterocycles. The van der Waals surface area contributed by atoms with Gasteiger partial charge in [0.05, 0.1) is 0 Å². The molecule has 1 fully saturated rings. The maximum absolute atomic E-state index is 12.1. The second-order valence-corrected chi connectivity index (χ2v) is 6.16. The van der Waals surface area contributed by atoms with Crippen molar-refractivity contribution in [3.05, 3.63) is 42.0 Å². The zero-order valence-corrected chi connectivity index (χ0v) is 12.7. The predicted molar refractivity (Wildman–Crippen MR) is 86.1 cm³/mol. The fraction of sp³-hybridized carbons (Fsp3) is 0.444. The van der Waals surface area contributed by atoms with E-state index in [1.54, 1.807) is 0 Å². The van der Waals surface area contributed by atoms with E-state index in [4.69, 9.17) is 0 Å². The summed E-state index contributed by atoms with van der Waals surface area (Å²) < 4.78 is 0. The molecule has 4 heteroatoms. The molecule has 3 rings (SSSR count). The van der Waals surface area contributed by atoms with Gasteiger partial charge < -0.3 is 10.6 Å². The minimum atomic E-state index is 0.0998. The van der Waals surface area contributed by atoms with Crippen LogP contribution in [0.25, 0.3) is 0 Å². The number of hydrogen-bond donors (Lipinski definition) is 2. The van der Waals surface area contributed by atoms with Gasteiger partial charge >= 0.3 is 0 Å². The summed E-state index contributed by atoms with van der Waals surface area (Å²) in [7, 11) is 0.